The lowest BCUT2D eigenvalue weighted by Crippen LogP contribution is -2.39. The molecule has 1 fully saturated rings. The number of hydrogen-bond donors (Lipinski definition) is 1. The highest BCUT2D eigenvalue weighted by atomic mass is 79.9. The number of fused-ring (bicyclic) bond motifs is 3. The SMILES string of the molecule is CN1C(=O)C2CC=C3C(c4cc(Br)ccc4O)C4=C(CC3C2C1=O)C(=O)C(Br)=CC4=O. The molecule has 1 heterocycles. The maximum absolute atomic E-state index is 13.1. The first-order chi connectivity index (χ1) is 14.7. The van der Waals surface area contributed by atoms with E-state index in [2.05, 4.69) is 31.9 Å². The Morgan fingerprint density at radius 3 is 2.55 bits per heavy atom. The molecule has 8 heteroatoms. The van der Waals surface area contributed by atoms with E-state index in [0.717, 1.165) is 10.0 Å². The Labute approximate surface area is 194 Å². The predicted octanol–water partition coefficient (Wildman–Crippen LogP) is 3.55. The van der Waals surface area contributed by atoms with Gasteiger partial charge in [-0.3, -0.25) is 24.1 Å². The van der Waals surface area contributed by atoms with Gasteiger partial charge < -0.3 is 5.11 Å². The zero-order chi connectivity index (χ0) is 22.2. The van der Waals surface area contributed by atoms with Crippen molar-refractivity contribution in [2.45, 2.75) is 18.8 Å². The number of nitrogens with zero attached hydrogens (tertiary/aromatic N) is 1. The second-order valence-electron chi connectivity index (χ2n) is 8.33. The van der Waals surface area contributed by atoms with Crippen molar-refractivity contribution < 1.29 is 24.3 Å². The summed E-state index contributed by atoms with van der Waals surface area (Å²) in [6.45, 7) is 0. The van der Waals surface area contributed by atoms with Gasteiger partial charge in [-0.2, -0.15) is 0 Å². The Balaban J connectivity index is 1.75. The molecule has 4 unspecified atom stereocenters. The molecule has 1 aliphatic heterocycles. The molecule has 4 atom stereocenters. The standard InChI is InChI=1S/C23H17Br2NO5/c1-26-22(30)11-4-3-10-12(19(11)23(26)31)7-14-20(17(28)8-15(25)21(14)29)18(10)13-6-9(24)2-5-16(13)27/h2-3,5-6,8,11-12,18-19,27H,4,7H2,1H3. The van der Waals surface area contributed by atoms with Gasteiger partial charge in [0.2, 0.25) is 11.8 Å². The molecular weight excluding hydrogens is 530 g/mol. The Bertz CT molecular complexity index is 1190. The van der Waals surface area contributed by atoms with Gasteiger partial charge in [0.05, 0.1) is 16.3 Å². The van der Waals surface area contributed by atoms with Crippen LogP contribution in [0.4, 0.5) is 0 Å². The third-order valence-corrected chi connectivity index (χ3v) is 7.93. The van der Waals surface area contributed by atoms with E-state index in [4.69, 9.17) is 0 Å². The Morgan fingerprint density at radius 1 is 1.06 bits per heavy atom. The number of phenols is 1. The molecular formula is C23H17Br2NO5. The molecule has 1 saturated heterocycles. The van der Waals surface area contributed by atoms with Crippen LogP contribution in [0, 0.1) is 17.8 Å². The molecule has 0 saturated carbocycles. The van der Waals surface area contributed by atoms with Gasteiger partial charge in [0.25, 0.3) is 0 Å². The maximum Gasteiger partial charge on any atom is 0.233 e. The molecule has 3 aliphatic carbocycles. The summed E-state index contributed by atoms with van der Waals surface area (Å²) in [5, 5.41) is 10.7. The normalized spacial score (nSPS) is 30.1. The van der Waals surface area contributed by atoms with Crippen LogP contribution >= 0.6 is 31.9 Å². The smallest absolute Gasteiger partial charge is 0.233 e. The van der Waals surface area contributed by atoms with Crippen molar-refractivity contribution in [3.8, 4) is 5.75 Å². The number of rotatable bonds is 1. The summed E-state index contributed by atoms with van der Waals surface area (Å²) >= 11 is 6.61. The highest BCUT2D eigenvalue weighted by Crippen LogP contribution is 2.56. The molecule has 1 N–H and O–H groups in total. The molecule has 2 amide bonds. The number of phenolic OH excluding ortho intramolecular Hbond substituents is 1. The summed E-state index contributed by atoms with van der Waals surface area (Å²) in [4.78, 5) is 52.9. The largest absolute Gasteiger partial charge is 0.508 e. The minimum atomic E-state index is -0.658. The number of ketones is 2. The number of allylic oxidation sites excluding steroid dienone is 6. The first kappa shape index (κ1) is 20.6. The number of halogens is 2. The minimum Gasteiger partial charge on any atom is -0.508 e. The molecule has 4 aliphatic rings. The number of likely N-dealkylation sites (tertiary alicyclic amines) is 1. The van der Waals surface area contributed by atoms with Gasteiger partial charge in [-0.25, -0.2) is 0 Å². The molecule has 0 radical (unpaired) electrons. The van der Waals surface area contributed by atoms with E-state index in [9.17, 15) is 24.3 Å². The van der Waals surface area contributed by atoms with Crippen molar-refractivity contribution >= 4 is 55.2 Å². The molecule has 0 spiro atoms. The van der Waals surface area contributed by atoms with Crippen LogP contribution in [-0.4, -0.2) is 40.4 Å². The fraction of sp³-hybridized carbons (Fsp3) is 0.304. The summed E-state index contributed by atoms with van der Waals surface area (Å²) in [5.41, 5.74) is 2.00. The van der Waals surface area contributed by atoms with Crippen molar-refractivity contribution in [2.75, 3.05) is 7.05 Å². The number of carbonyl (C=O) groups is 4. The Hall–Kier alpha value is -2.32. The van der Waals surface area contributed by atoms with Crippen molar-refractivity contribution in [1.29, 1.82) is 0 Å². The monoisotopic (exact) mass is 545 g/mol. The van der Waals surface area contributed by atoms with Gasteiger partial charge in [0.15, 0.2) is 11.6 Å². The summed E-state index contributed by atoms with van der Waals surface area (Å²) < 4.78 is 0.899. The number of aromatic hydroxyl groups is 1. The highest BCUT2D eigenvalue weighted by Gasteiger charge is 2.55. The third-order valence-electron chi connectivity index (χ3n) is 6.85. The second kappa shape index (κ2) is 7.10. The summed E-state index contributed by atoms with van der Waals surface area (Å²) in [6, 6.07) is 4.96. The van der Waals surface area contributed by atoms with Gasteiger partial charge in [-0.1, -0.05) is 27.6 Å². The van der Waals surface area contributed by atoms with Crippen molar-refractivity contribution in [3.63, 3.8) is 0 Å². The van der Waals surface area contributed by atoms with Crippen molar-refractivity contribution in [3.05, 3.63) is 61.6 Å². The van der Waals surface area contributed by atoms with E-state index >= 15 is 0 Å². The van der Waals surface area contributed by atoms with Crippen LogP contribution in [-0.2, 0) is 19.2 Å². The van der Waals surface area contributed by atoms with Crippen LogP contribution in [0.5, 0.6) is 5.75 Å². The van der Waals surface area contributed by atoms with E-state index in [1.165, 1.54) is 24.1 Å². The van der Waals surface area contributed by atoms with Crippen LogP contribution in [0.15, 0.2) is 56.0 Å². The highest BCUT2D eigenvalue weighted by molar-refractivity contribution is 9.12. The number of imide groups is 1. The first-order valence-corrected chi connectivity index (χ1v) is 11.5. The topological polar surface area (TPSA) is 91.8 Å². The maximum atomic E-state index is 13.1. The van der Waals surface area contributed by atoms with Crippen LogP contribution < -0.4 is 0 Å². The summed E-state index contributed by atoms with van der Waals surface area (Å²) in [7, 11) is 1.49. The van der Waals surface area contributed by atoms with Gasteiger partial charge in [-0.05, 0) is 52.9 Å². The van der Waals surface area contributed by atoms with Crippen molar-refractivity contribution in [2.24, 2.45) is 17.8 Å². The van der Waals surface area contributed by atoms with Crippen molar-refractivity contribution in [1.82, 2.24) is 4.90 Å². The predicted molar refractivity (Wildman–Crippen MR) is 118 cm³/mol. The lowest BCUT2D eigenvalue weighted by Gasteiger charge is -2.42. The fourth-order valence-corrected chi connectivity index (χ4v) is 6.30. The number of hydrogen-bond acceptors (Lipinski definition) is 5. The number of carbonyl (C=O) groups excluding carboxylic acids is 4. The first-order valence-electron chi connectivity index (χ1n) is 9.89. The molecule has 0 aromatic heterocycles. The average molecular weight is 547 g/mol. The molecule has 0 bridgehead atoms. The number of amides is 2. The van der Waals surface area contributed by atoms with E-state index in [-0.39, 0.29) is 40.0 Å². The quantitative estimate of drug-likeness (QED) is 0.330. The summed E-state index contributed by atoms with van der Waals surface area (Å²) in [5.74, 6) is -3.13. The third kappa shape index (κ3) is 2.88. The zero-order valence-corrected chi connectivity index (χ0v) is 19.6. The zero-order valence-electron chi connectivity index (χ0n) is 16.4. The van der Waals surface area contributed by atoms with Gasteiger partial charge in [-0.15, -0.1) is 0 Å². The Morgan fingerprint density at radius 2 is 1.81 bits per heavy atom. The minimum absolute atomic E-state index is 0.00327. The van der Waals surface area contributed by atoms with Gasteiger partial charge in [0.1, 0.15) is 5.75 Å². The number of benzene rings is 1. The molecule has 31 heavy (non-hydrogen) atoms. The molecule has 1 aromatic rings. The fourth-order valence-electron chi connectivity index (χ4n) is 5.48. The lowest BCUT2D eigenvalue weighted by molar-refractivity contribution is -0.138. The van der Waals surface area contributed by atoms with E-state index in [1.807, 2.05) is 6.08 Å². The summed E-state index contributed by atoms with van der Waals surface area (Å²) in [6.07, 6.45) is 3.80. The van der Waals surface area contributed by atoms with E-state index in [1.54, 1.807) is 12.1 Å². The molecule has 6 nitrogen and oxygen atoms in total. The van der Waals surface area contributed by atoms with Gasteiger partial charge in [0, 0.05) is 40.2 Å². The Kier molecular flexibility index (Phi) is 4.71. The van der Waals surface area contributed by atoms with Crippen LogP contribution in [0.2, 0.25) is 0 Å². The van der Waals surface area contributed by atoms with Crippen LogP contribution in [0.25, 0.3) is 0 Å². The second-order valence-corrected chi connectivity index (χ2v) is 10.1. The molecule has 158 valence electrons. The van der Waals surface area contributed by atoms with Gasteiger partial charge >= 0.3 is 0 Å². The lowest BCUT2D eigenvalue weighted by atomic mass is 9.59. The van der Waals surface area contributed by atoms with Crippen LogP contribution in [0.3, 0.4) is 0 Å². The average Bonchev–Trinajstić information content (AvgIpc) is 2.96. The van der Waals surface area contributed by atoms with Crippen LogP contribution in [0.1, 0.15) is 24.3 Å². The molecule has 5 rings (SSSR count). The van der Waals surface area contributed by atoms with E-state index < -0.39 is 23.7 Å². The number of Topliss-reactive ketones (excluding diaryl/α,β-unsaturated/α-hetero) is 1. The van der Waals surface area contributed by atoms with E-state index in [0.29, 0.717) is 23.1 Å². The molecule has 1 aromatic carbocycles.